The van der Waals surface area contributed by atoms with E-state index in [-0.39, 0.29) is 30.5 Å². The van der Waals surface area contributed by atoms with E-state index in [1.165, 1.54) is 35.3 Å². The van der Waals surface area contributed by atoms with Crippen LogP contribution in [-0.4, -0.2) is 40.1 Å². The monoisotopic (exact) mass is 514 g/mol. The molecule has 0 radical (unpaired) electrons. The van der Waals surface area contributed by atoms with Gasteiger partial charge < -0.3 is 14.6 Å². The molecular formula is C23H20F6N4O3. The fourth-order valence-electron chi connectivity index (χ4n) is 3.45. The Morgan fingerprint density at radius 3 is 2.36 bits per heavy atom. The maximum absolute atomic E-state index is 13.2. The van der Waals surface area contributed by atoms with Gasteiger partial charge in [0.15, 0.2) is 12.3 Å². The van der Waals surface area contributed by atoms with Crippen molar-refractivity contribution in [1.29, 1.82) is 0 Å². The molecule has 1 N–H and O–H groups in total. The van der Waals surface area contributed by atoms with E-state index < -0.39 is 18.1 Å². The number of aryl methyl sites for hydroxylation is 1. The summed E-state index contributed by atoms with van der Waals surface area (Å²) in [7, 11) is 0. The van der Waals surface area contributed by atoms with Gasteiger partial charge in [-0.3, -0.25) is 4.68 Å². The largest absolute Gasteiger partial charge is 0.573 e. The highest BCUT2D eigenvalue weighted by molar-refractivity contribution is 5.94. The molecule has 0 fully saturated rings. The van der Waals surface area contributed by atoms with Crippen LogP contribution in [0.5, 0.6) is 5.75 Å². The highest BCUT2D eigenvalue weighted by Crippen LogP contribution is 2.38. The number of halogens is 6. The lowest BCUT2D eigenvalue weighted by Gasteiger charge is -2.27. The van der Waals surface area contributed by atoms with Gasteiger partial charge in [0.2, 0.25) is 0 Å². The molecule has 3 aromatic rings. The lowest BCUT2D eigenvalue weighted by Crippen LogP contribution is -2.39. The molecule has 1 atom stereocenters. The molecule has 2 aromatic carbocycles. The van der Waals surface area contributed by atoms with Crippen LogP contribution in [0.1, 0.15) is 29.4 Å². The first-order valence-electron chi connectivity index (χ1n) is 10.5. The molecule has 0 bridgehead atoms. The Kier molecular flexibility index (Phi) is 6.37. The van der Waals surface area contributed by atoms with Crippen molar-refractivity contribution in [2.45, 2.75) is 38.5 Å². The SMILES string of the molecule is Cc1cc(C2=NN(c3ccc(OC(F)(F)F)cc3)CO2)nn1Cc1cccc(C(C)(O)C(F)(F)F)c1. The molecule has 0 saturated carbocycles. The summed E-state index contributed by atoms with van der Waals surface area (Å²) in [5.74, 6) is -0.202. The van der Waals surface area contributed by atoms with Crippen molar-refractivity contribution in [1.82, 2.24) is 9.78 Å². The summed E-state index contributed by atoms with van der Waals surface area (Å²) in [5, 5.41) is 20.1. The number of alkyl halides is 6. The van der Waals surface area contributed by atoms with Crippen LogP contribution in [0.4, 0.5) is 32.0 Å². The second kappa shape index (κ2) is 9.04. The Labute approximate surface area is 201 Å². The van der Waals surface area contributed by atoms with Gasteiger partial charge in [-0.15, -0.1) is 18.3 Å². The predicted molar refractivity (Wildman–Crippen MR) is 116 cm³/mol. The van der Waals surface area contributed by atoms with Crippen LogP contribution in [0, 0.1) is 6.92 Å². The minimum Gasteiger partial charge on any atom is -0.452 e. The average molecular weight is 514 g/mol. The highest BCUT2D eigenvalue weighted by atomic mass is 19.4. The smallest absolute Gasteiger partial charge is 0.452 e. The summed E-state index contributed by atoms with van der Waals surface area (Å²) >= 11 is 0. The van der Waals surface area contributed by atoms with Gasteiger partial charge in [-0.2, -0.15) is 18.3 Å². The molecular weight excluding hydrogens is 494 g/mol. The molecule has 4 rings (SSSR count). The normalized spacial score (nSPS) is 15.9. The standard InChI is InChI=1S/C23H20F6N4O3/c1-14-10-19(20-31-33(13-35-20)17-6-8-18(9-7-17)36-23(27,28)29)30-32(14)12-15-4-3-5-16(11-15)21(2,34)22(24,25)26/h3-11,34H,12-13H2,1-2H3. The van der Waals surface area contributed by atoms with E-state index in [1.54, 1.807) is 23.7 Å². The molecule has 1 aromatic heterocycles. The van der Waals surface area contributed by atoms with Gasteiger partial charge in [-0.1, -0.05) is 24.3 Å². The summed E-state index contributed by atoms with van der Waals surface area (Å²) in [4.78, 5) is 0. The summed E-state index contributed by atoms with van der Waals surface area (Å²) in [6.45, 7) is 2.57. The van der Waals surface area contributed by atoms with Crippen LogP contribution in [-0.2, 0) is 16.9 Å². The van der Waals surface area contributed by atoms with E-state index >= 15 is 0 Å². The summed E-state index contributed by atoms with van der Waals surface area (Å²) in [5.41, 5.74) is -1.29. The summed E-state index contributed by atoms with van der Waals surface area (Å²) in [6, 6.07) is 12.3. The van der Waals surface area contributed by atoms with E-state index in [0.29, 0.717) is 29.6 Å². The van der Waals surface area contributed by atoms with Crippen molar-refractivity contribution < 1.29 is 40.9 Å². The number of ether oxygens (including phenoxy) is 2. The van der Waals surface area contributed by atoms with Gasteiger partial charge in [0.05, 0.1) is 12.2 Å². The maximum Gasteiger partial charge on any atom is 0.573 e. The molecule has 36 heavy (non-hydrogen) atoms. The Bertz CT molecular complexity index is 1270. The van der Waals surface area contributed by atoms with E-state index in [0.717, 1.165) is 12.1 Å². The van der Waals surface area contributed by atoms with E-state index in [2.05, 4.69) is 14.9 Å². The first-order chi connectivity index (χ1) is 16.7. The number of hydrogen-bond acceptors (Lipinski definition) is 6. The zero-order valence-electron chi connectivity index (χ0n) is 18.9. The number of hydrazone groups is 1. The van der Waals surface area contributed by atoms with Gasteiger partial charge in [-0.05, 0) is 55.3 Å². The molecule has 13 heteroatoms. The minimum absolute atomic E-state index is 0.00468. The molecule has 0 spiro atoms. The minimum atomic E-state index is -4.84. The zero-order chi connectivity index (χ0) is 26.3. The molecule has 7 nitrogen and oxygen atoms in total. The summed E-state index contributed by atoms with van der Waals surface area (Å²) in [6.07, 6.45) is -9.63. The van der Waals surface area contributed by atoms with Crippen LogP contribution in [0.15, 0.2) is 59.7 Å². The second-order valence-corrected chi connectivity index (χ2v) is 8.22. The van der Waals surface area contributed by atoms with Crippen molar-refractivity contribution >= 4 is 11.6 Å². The summed E-state index contributed by atoms with van der Waals surface area (Å²) < 4.78 is 87.6. The number of aromatic nitrogens is 2. The third kappa shape index (κ3) is 5.40. The number of anilines is 1. The van der Waals surface area contributed by atoms with Crippen molar-refractivity contribution in [2.75, 3.05) is 11.7 Å². The lowest BCUT2D eigenvalue weighted by atomic mass is 9.94. The van der Waals surface area contributed by atoms with Gasteiger partial charge in [0.25, 0.3) is 5.90 Å². The Morgan fingerprint density at radius 2 is 1.72 bits per heavy atom. The molecule has 0 aliphatic carbocycles. The third-order valence-electron chi connectivity index (χ3n) is 5.48. The molecule has 1 unspecified atom stereocenters. The van der Waals surface area contributed by atoms with E-state index in [4.69, 9.17) is 4.74 Å². The van der Waals surface area contributed by atoms with Crippen molar-refractivity contribution in [2.24, 2.45) is 5.10 Å². The van der Waals surface area contributed by atoms with Crippen molar-refractivity contribution in [3.05, 3.63) is 77.1 Å². The van der Waals surface area contributed by atoms with Crippen LogP contribution >= 0.6 is 0 Å². The average Bonchev–Trinajstić information content (AvgIpc) is 3.40. The number of benzene rings is 2. The number of nitrogens with zero attached hydrogens (tertiary/aromatic N) is 4. The van der Waals surface area contributed by atoms with Crippen LogP contribution in [0.2, 0.25) is 0 Å². The highest BCUT2D eigenvalue weighted by Gasteiger charge is 2.51. The third-order valence-corrected chi connectivity index (χ3v) is 5.48. The first kappa shape index (κ1) is 25.4. The van der Waals surface area contributed by atoms with Crippen molar-refractivity contribution in [3.8, 4) is 5.75 Å². The Morgan fingerprint density at radius 1 is 1.03 bits per heavy atom. The topological polar surface area (TPSA) is 72.1 Å². The van der Waals surface area contributed by atoms with Crippen LogP contribution in [0.25, 0.3) is 0 Å². The number of aliphatic hydroxyl groups is 1. The van der Waals surface area contributed by atoms with Gasteiger partial charge in [0.1, 0.15) is 11.4 Å². The van der Waals surface area contributed by atoms with Crippen molar-refractivity contribution in [3.63, 3.8) is 0 Å². The number of hydrogen-bond donors (Lipinski definition) is 1. The van der Waals surface area contributed by atoms with E-state index in [1.807, 2.05) is 0 Å². The van der Waals surface area contributed by atoms with Gasteiger partial charge in [-0.25, -0.2) is 5.01 Å². The zero-order valence-corrected chi connectivity index (χ0v) is 18.9. The molecule has 2 heterocycles. The van der Waals surface area contributed by atoms with E-state index in [9.17, 15) is 31.4 Å². The quantitative estimate of drug-likeness (QED) is 0.466. The molecule has 192 valence electrons. The van der Waals surface area contributed by atoms with Gasteiger partial charge in [0, 0.05) is 5.69 Å². The van der Waals surface area contributed by atoms with Crippen LogP contribution in [0.3, 0.4) is 0 Å². The fourth-order valence-corrected chi connectivity index (χ4v) is 3.45. The molecule has 1 aliphatic rings. The fraction of sp³-hybridized carbons (Fsp3) is 0.304. The lowest BCUT2D eigenvalue weighted by molar-refractivity contribution is -0.274. The predicted octanol–water partition coefficient (Wildman–Crippen LogP) is 5.06. The first-order valence-corrected chi connectivity index (χ1v) is 10.5. The maximum atomic E-state index is 13.2. The van der Waals surface area contributed by atoms with Crippen LogP contribution < -0.4 is 9.75 Å². The number of rotatable bonds is 6. The van der Waals surface area contributed by atoms with Gasteiger partial charge >= 0.3 is 12.5 Å². The Balaban J connectivity index is 1.49. The molecule has 0 amide bonds. The second-order valence-electron chi connectivity index (χ2n) is 8.22. The Hall–Kier alpha value is -3.74. The molecule has 1 aliphatic heterocycles. The molecule has 0 saturated heterocycles.